The van der Waals surface area contributed by atoms with E-state index in [1.54, 1.807) is 0 Å². The predicted octanol–water partition coefficient (Wildman–Crippen LogP) is 2.72. The van der Waals surface area contributed by atoms with Gasteiger partial charge < -0.3 is 4.74 Å². The van der Waals surface area contributed by atoms with E-state index in [9.17, 15) is 5.26 Å². The molecule has 1 heterocycles. The van der Waals surface area contributed by atoms with Crippen LogP contribution in [0.15, 0.2) is 18.2 Å². The average Bonchev–Trinajstić information content (AvgIpc) is 3.06. The maximum atomic E-state index is 9.34. The van der Waals surface area contributed by atoms with E-state index in [-0.39, 0.29) is 6.04 Å². The van der Waals surface area contributed by atoms with E-state index >= 15 is 0 Å². The van der Waals surface area contributed by atoms with E-state index < -0.39 is 0 Å². The first-order valence-electron chi connectivity index (χ1n) is 6.78. The van der Waals surface area contributed by atoms with E-state index in [2.05, 4.69) is 17.5 Å². The van der Waals surface area contributed by atoms with Gasteiger partial charge in [-0.15, -0.1) is 0 Å². The summed E-state index contributed by atoms with van der Waals surface area (Å²) in [4.78, 5) is 0. The largest absolute Gasteiger partial charge is 0.493 e. The van der Waals surface area contributed by atoms with E-state index in [1.165, 1.54) is 31.2 Å². The van der Waals surface area contributed by atoms with Crippen molar-refractivity contribution >= 4 is 0 Å². The van der Waals surface area contributed by atoms with Crippen LogP contribution in [0.4, 0.5) is 0 Å². The smallest absolute Gasteiger partial charge is 0.122 e. The number of ether oxygens (including phenoxy) is 1. The molecule has 0 aromatic heterocycles. The summed E-state index contributed by atoms with van der Waals surface area (Å²) in [5, 5.41) is 12.8. The molecule has 0 radical (unpaired) electrons. The van der Waals surface area contributed by atoms with Gasteiger partial charge in [0, 0.05) is 12.5 Å². The molecule has 3 heteroatoms. The summed E-state index contributed by atoms with van der Waals surface area (Å²) in [5.74, 6) is 0.983. The maximum absolute atomic E-state index is 9.34. The second kappa shape index (κ2) is 4.99. The van der Waals surface area contributed by atoms with Crippen LogP contribution in [-0.4, -0.2) is 12.6 Å². The Hall–Kier alpha value is -1.53. The van der Waals surface area contributed by atoms with Crippen molar-refractivity contribution in [3.8, 4) is 11.8 Å². The van der Waals surface area contributed by atoms with Gasteiger partial charge in [0.1, 0.15) is 11.8 Å². The highest BCUT2D eigenvalue weighted by molar-refractivity contribution is 5.41. The Morgan fingerprint density at radius 1 is 1.33 bits per heavy atom. The quantitative estimate of drug-likeness (QED) is 0.886. The minimum atomic E-state index is -0.181. The minimum Gasteiger partial charge on any atom is -0.493 e. The van der Waals surface area contributed by atoms with Crippen molar-refractivity contribution in [2.24, 2.45) is 0 Å². The van der Waals surface area contributed by atoms with Gasteiger partial charge in [-0.05, 0) is 36.1 Å². The van der Waals surface area contributed by atoms with Gasteiger partial charge in [0.25, 0.3) is 0 Å². The first-order valence-corrected chi connectivity index (χ1v) is 6.78. The highest BCUT2D eigenvalue weighted by atomic mass is 16.5. The summed E-state index contributed by atoms with van der Waals surface area (Å²) in [6.45, 7) is 0.770. The Bertz CT molecular complexity index is 472. The molecule has 0 saturated heterocycles. The molecule has 0 amide bonds. The Morgan fingerprint density at radius 3 is 2.94 bits per heavy atom. The van der Waals surface area contributed by atoms with Crippen LogP contribution in [0, 0.1) is 11.3 Å². The maximum Gasteiger partial charge on any atom is 0.122 e. The number of benzene rings is 1. The van der Waals surface area contributed by atoms with Crippen LogP contribution in [0.1, 0.15) is 42.9 Å². The van der Waals surface area contributed by atoms with Crippen molar-refractivity contribution < 1.29 is 4.74 Å². The van der Waals surface area contributed by atoms with Crippen molar-refractivity contribution in [1.29, 1.82) is 5.26 Å². The predicted molar refractivity (Wildman–Crippen MR) is 69.4 cm³/mol. The van der Waals surface area contributed by atoms with Gasteiger partial charge in [0.15, 0.2) is 0 Å². The Balaban J connectivity index is 1.76. The number of nitriles is 1. The molecule has 1 fully saturated rings. The summed E-state index contributed by atoms with van der Waals surface area (Å²) in [6, 6.07) is 8.85. The average molecular weight is 242 g/mol. The highest BCUT2D eigenvalue weighted by Gasteiger charge is 2.21. The zero-order valence-corrected chi connectivity index (χ0v) is 10.5. The highest BCUT2D eigenvalue weighted by Crippen LogP contribution is 2.29. The fourth-order valence-corrected chi connectivity index (χ4v) is 2.92. The molecule has 2 aliphatic rings. The number of hydrogen-bond donors (Lipinski definition) is 1. The summed E-state index contributed by atoms with van der Waals surface area (Å²) in [7, 11) is 0. The van der Waals surface area contributed by atoms with Gasteiger partial charge in [-0.2, -0.15) is 5.26 Å². The molecule has 94 valence electrons. The third-order valence-corrected chi connectivity index (χ3v) is 3.93. The van der Waals surface area contributed by atoms with E-state index in [4.69, 9.17) is 4.74 Å². The SMILES string of the molecule is N#CC(NC1CCCC1)c1ccc2c(c1)CCO2. The lowest BCUT2D eigenvalue weighted by molar-refractivity contribution is 0.356. The molecule has 1 aliphatic heterocycles. The van der Waals surface area contributed by atoms with Gasteiger partial charge in [0.05, 0.1) is 12.7 Å². The van der Waals surface area contributed by atoms with Crippen molar-refractivity contribution in [2.45, 2.75) is 44.2 Å². The monoisotopic (exact) mass is 242 g/mol. The van der Waals surface area contributed by atoms with Crippen LogP contribution in [0.2, 0.25) is 0 Å². The number of rotatable bonds is 3. The standard InChI is InChI=1S/C15H18N2O/c16-10-14(17-13-3-1-2-4-13)11-5-6-15-12(9-11)7-8-18-15/h5-6,9,13-14,17H,1-4,7-8H2. The molecule has 18 heavy (non-hydrogen) atoms. The van der Waals surface area contributed by atoms with Crippen molar-refractivity contribution in [2.75, 3.05) is 6.61 Å². The fourth-order valence-electron chi connectivity index (χ4n) is 2.92. The van der Waals surface area contributed by atoms with Gasteiger partial charge >= 0.3 is 0 Å². The second-order valence-corrected chi connectivity index (χ2v) is 5.18. The number of hydrogen-bond acceptors (Lipinski definition) is 3. The third-order valence-electron chi connectivity index (χ3n) is 3.93. The summed E-state index contributed by atoms with van der Waals surface area (Å²) in [5.41, 5.74) is 2.31. The topological polar surface area (TPSA) is 45.0 Å². The van der Waals surface area contributed by atoms with Crippen molar-refractivity contribution in [3.63, 3.8) is 0 Å². The second-order valence-electron chi connectivity index (χ2n) is 5.18. The molecule has 0 bridgehead atoms. The lowest BCUT2D eigenvalue weighted by Crippen LogP contribution is -2.29. The summed E-state index contributed by atoms with van der Waals surface area (Å²) < 4.78 is 5.50. The minimum absolute atomic E-state index is 0.181. The number of nitrogens with zero attached hydrogens (tertiary/aromatic N) is 1. The Morgan fingerprint density at radius 2 is 2.17 bits per heavy atom. The van der Waals surface area contributed by atoms with Gasteiger partial charge in [-0.3, -0.25) is 5.32 Å². The number of nitrogens with one attached hydrogen (secondary N) is 1. The molecule has 1 saturated carbocycles. The first-order chi connectivity index (χ1) is 8.86. The van der Waals surface area contributed by atoms with Crippen LogP contribution in [0.5, 0.6) is 5.75 Å². The Labute approximate surface area is 108 Å². The zero-order valence-electron chi connectivity index (χ0n) is 10.5. The molecular weight excluding hydrogens is 224 g/mol. The van der Waals surface area contributed by atoms with E-state index in [0.29, 0.717) is 6.04 Å². The molecule has 1 aliphatic carbocycles. The van der Waals surface area contributed by atoms with Crippen LogP contribution in [0.25, 0.3) is 0 Å². The number of fused-ring (bicyclic) bond motifs is 1. The molecule has 1 aromatic carbocycles. The summed E-state index contributed by atoms with van der Waals surface area (Å²) in [6.07, 6.45) is 5.94. The Kier molecular flexibility index (Phi) is 3.21. The van der Waals surface area contributed by atoms with Gasteiger partial charge in [-0.25, -0.2) is 0 Å². The van der Waals surface area contributed by atoms with Crippen LogP contribution >= 0.6 is 0 Å². The van der Waals surface area contributed by atoms with E-state index in [1.807, 2.05) is 12.1 Å². The molecule has 1 aromatic rings. The van der Waals surface area contributed by atoms with Crippen LogP contribution in [-0.2, 0) is 6.42 Å². The molecule has 0 spiro atoms. The molecule has 3 nitrogen and oxygen atoms in total. The zero-order chi connectivity index (χ0) is 12.4. The molecule has 1 unspecified atom stereocenters. The third kappa shape index (κ3) is 2.21. The lowest BCUT2D eigenvalue weighted by atomic mass is 10.0. The van der Waals surface area contributed by atoms with Crippen molar-refractivity contribution in [1.82, 2.24) is 5.32 Å². The normalized spacial score (nSPS) is 20.2. The first kappa shape index (κ1) is 11.6. The molecule has 1 N–H and O–H groups in total. The molecule has 1 atom stereocenters. The van der Waals surface area contributed by atoms with Crippen molar-refractivity contribution in [3.05, 3.63) is 29.3 Å². The van der Waals surface area contributed by atoms with Crippen LogP contribution < -0.4 is 10.1 Å². The molecular formula is C15H18N2O. The fraction of sp³-hybridized carbons (Fsp3) is 0.533. The molecule has 3 rings (SSSR count). The van der Waals surface area contributed by atoms with Gasteiger partial charge in [0.2, 0.25) is 0 Å². The van der Waals surface area contributed by atoms with Crippen LogP contribution in [0.3, 0.4) is 0 Å². The lowest BCUT2D eigenvalue weighted by Gasteiger charge is -2.17. The summed E-state index contributed by atoms with van der Waals surface area (Å²) >= 11 is 0. The van der Waals surface area contributed by atoms with E-state index in [0.717, 1.165) is 24.3 Å². The van der Waals surface area contributed by atoms with Gasteiger partial charge in [-0.1, -0.05) is 18.9 Å².